The zero-order valence-corrected chi connectivity index (χ0v) is 15.3. The van der Waals surface area contributed by atoms with Crippen LogP contribution in [0.3, 0.4) is 0 Å². The summed E-state index contributed by atoms with van der Waals surface area (Å²) >= 11 is 0. The van der Waals surface area contributed by atoms with Crippen LogP contribution in [0.5, 0.6) is 0 Å². The molecule has 25 heavy (non-hydrogen) atoms. The number of hydrogen-bond donors (Lipinski definition) is 2. The highest BCUT2D eigenvalue weighted by Gasteiger charge is 2.23. The molecule has 0 spiro atoms. The molecule has 2 saturated heterocycles. The summed E-state index contributed by atoms with van der Waals surface area (Å²) in [6.45, 7) is 6.76. The fourth-order valence-corrected chi connectivity index (χ4v) is 3.63. The van der Waals surface area contributed by atoms with Gasteiger partial charge in [0.05, 0.1) is 6.04 Å². The largest absolute Gasteiger partial charge is 0.339 e. The first-order valence-electron chi connectivity index (χ1n) is 9.49. The molecular weight excluding hydrogens is 314 g/mol. The normalized spacial score (nSPS) is 21.8. The smallest absolute Gasteiger partial charge is 0.253 e. The highest BCUT2D eigenvalue weighted by atomic mass is 16.2. The minimum absolute atomic E-state index is 0.0203. The summed E-state index contributed by atoms with van der Waals surface area (Å²) in [5, 5.41) is 6.27. The lowest BCUT2D eigenvalue weighted by atomic mass is 9.98. The van der Waals surface area contributed by atoms with Gasteiger partial charge in [0.1, 0.15) is 0 Å². The second-order valence-corrected chi connectivity index (χ2v) is 7.50. The zero-order valence-electron chi connectivity index (χ0n) is 15.3. The van der Waals surface area contributed by atoms with Crippen LogP contribution < -0.4 is 10.6 Å². The van der Waals surface area contributed by atoms with Crippen LogP contribution in [0.4, 0.5) is 5.69 Å². The van der Waals surface area contributed by atoms with Gasteiger partial charge in [0.15, 0.2) is 0 Å². The summed E-state index contributed by atoms with van der Waals surface area (Å²) < 4.78 is 0. The first-order chi connectivity index (χ1) is 12.0. The Balaban J connectivity index is 1.64. The van der Waals surface area contributed by atoms with Crippen molar-refractivity contribution in [2.24, 2.45) is 5.92 Å². The second-order valence-electron chi connectivity index (χ2n) is 7.50. The quantitative estimate of drug-likeness (QED) is 0.887. The average Bonchev–Trinajstić information content (AvgIpc) is 2.64. The van der Waals surface area contributed by atoms with Gasteiger partial charge in [-0.05, 0) is 68.8 Å². The Morgan fingerprint density at radius 1 is 1.16 bits per heavy atom. The number of anilines is 1. The van der Waals surface area contributed by atoms with E-state index < -0.39 is 0 Å². The van der Waals surface area contributed by atoms with Crippen LogP contribution in [0, 0.1) is 12.8 Å². The predicted molar refractivity (Wildman–Crippen MR) is 99.8 cm³/mol. The van der Waals surface area contributed by atoms with Crippen molar-refractivity contribution in [3.8, 4) is 0 Å². The Morgan fingerprint density at radius 3 is 2.56 bits per heavy atom. The Bertz CT molecular complexity index is 630. The standard InChI is InChI=1S/C20H29N3O2/c1-14-8-11-23(12-9-14)20(25)16-6-7-17(15(2)13-16)22-19(24)18-5-3-4-10-21-18/h6-7,13-14,18,21H,3-5,8-12H2,1-2H3,(H,22,24). The van der Waals surface area contributed by atoms with Crippen LogP contribution >= 0.6 is 0 Å². The van der Waals surface area contributed by atoms with E-state index in [1.807, 2.05) is 30.0 Å². The van der Waals surface area contributed by atoms with E-state index in [4.69, 9.17) is 0 Å². The van der Waals surface area contributed by atoms with E-state index in [-0.39, 0.29) is 17.9 Å². The molecule has 5 heteroatoms. The van der Waals surface area contributed by atoms with Gasteiger partial charge in [-0.3, -0.25) is 9.59 Å². The number of nitrogens with zero attached hydrogens (tertiary/aromatic N) is 1. The summed E-state index contributed by atoms with van der Waals surface area (Å²) in [5.41, 5.74) is 2.43. The van der Waals surface area contributed by atoms with E-state index in [9.17, 15) is 9.59 Å². The maximum atomic E-state index is 12.7. The van der Waals surface area contributed by atoms with Gasteiger partial charge in [0.25, 0.3) is 5.91 Å². The van der Waals surface area contributed by atoms with Crippen LogP contribution in [0.15, 0.2) is 18.2 Å². The van der Waals surface area contributed by atoms with Crippen LogP contribution in [0.25, 0.3) is 0 Å². The van der Waals surface area contributed by atoms with Crippen molar-refractivity contribution in [2.75, 3.05) is 25.0 Å². The molecule has 136 valence electrons. The number of hydrogen-bond acceptors (Lipinski definition) is 3. The van der Waals surface area contributed by atoms with Crippen molar-refractivity contribution < 1.29 is 9.59 Å². The monoisotopic (exact) mass is 343 g/mol. The molecule has 0 aliphatic carbocycles. The van der Waals surface area contributed by atoms with E-state index in [0.717, 1.165) is 63.0 Å². The molecule has 1 aromatic rings. The highest BCUT2D eigenvalue weighted by Crippen LogP contribution is 2.22. The van der Waals surface area contributed by atoms with Crippen molar-refractivity contribution in [3.05, 3.63) is 29.3 Å². The summed E-state index contributed by atoms with van der Waals surface area (Å²) in [7, 11) is 0. The molecule has 2 N–H and O–H groups in total. The third kappa shape index (κ3) is 4.40. The fraction of sp³-hybridized carbons (Fsp3) is 0.600. The van der Waals surface area contributed by atoms with Crippen molar-refractivity contribution in [1.29, 1.82) is 0 Å². The number of carbonyl (C=O) groups excluding carboxylic acids is 2. The molecule has 0 bridgehead atoms. The van der Waals surface area contributed by atoms with Gasteiger partial charge in [0, 0.05) is 24.3 Å². The lowest BCUT2D eigenvalue weighted by Gasteiger charge is -2.30. The first-order valence-corrected chi connectivity index (χ1v) is 9.49. The number of benzene rings is 1. The number of aryl methyl sites for hydroxylation is 1. The van der Waals surface area contributed by atoms with Crippen LogP contribution in [-0.4, -0.2) is 42.4 Å². The molecule has 3 rings (SSSR count). The molecule has 1 atom stereocenters. The van der Waals surface area contributed by atoms with Crippen molar-refractivity contribution in [2.45, 2.75) is 52.0 Å². The first kappa shape index (κ1) is 17.9. The molecule has 1 unspecified atom stereocenters. The lowest BCUT2D eigenvalue weighted by molar-refractivity contribution is -0.118. The summed E-state index contributed by atoms with van der Waals surface area (Å²) in [6, 6.07) is 5.47. The Labute approximate surface area is 150 Å². The number of carbonyl (C=O) groups is 2. The molecule has 2 amide bonds. The molecule has 1 aromatic carbocycles. The minimum Gasteiger partial charge on any atom is -0.339 e. The number of nitrogens with one attached hydrogen (secondary N) is 2. The third-order valence-corrected chi connectivity index (χ3v) is 5.43. The second kappa shape index (κ2) is 8.00. The van der Waals surface area contributed by atoms with E-state index in [1.165, 1.54) is 0 Å². The van der Waals surface area contributed by atoms with Gasteiger partial charge in [-0.25, -0.2) is 0 Å². The van der Waals surface area contributed by atoms with Crippen molar-refractivity contribution >= 4 is 17.5 Å². The number of piperidine rings is 2. The van der Waals surface area contributed by atoms with Crippen LogP contribution in [-0.2, 0) is 4.79 Å². The topological polar surface area (TPSA) is 61.4 Å². The zero-order chi connectivity index (χ0) is 17.8. The van der Waals surface area contributed by atoms with E-state index in [0.29, 0.717) is 11.5 Å². The summed E-state index contributed by atoms with van der Waals surface area (Å²) in [6.07, 6.45) is 5.26. The maximum absolute atomic E-state index is 12.7. The lowest BCUT2D eigenvalue weighted by Crippen LogP contribution is -2.43. The molecule has 2 heterocycles. The molecule has 0 saturated carbocycles. The third-order valence-electron chi connectivity index (χ3n) is 5.43. The van der Waals surface area contributed by atoms with Gasteiger partial charge in [-0.2, -0.15) is 0 Å². The number of likely N-dealkylation sites (tertiary alicyclic amines) is 1. The van der Waals surface area contributed by atoms with Crippen molar-refractivity contribution in [3.63, 3.8) is 0 Å². The summed E-state index contributed by atoms with van der Waals surface area (Å²) in [4.78, 5) is 27.0. The maximum Gasteiger partial charge on any atom is 0.253 e. The Kier molecular flexibility index (Phi) is 5.74. The van der Waals surface area contributed by atoms with Gasteiger partial charge in [0.2, 0.25) is 5.91 Å². The van der Waals surface area contributed by atoms with Crippen molar-refractivity contribution in [1.82, 2.24) is 10.2 Å². The molecule has 0 aromatic heterocycles. The Hall–Kier alpha value is -1.88. The molecule has 2 fully saturated rings. The number of amides is 2. The SMILES string of the molecule is Cc1cc(C(=O)N2CCC(C)CC2)ccc1NC(=O)C1CCCCN1. The minimum atomic E-state index is -0.107. The molecule has 5 nitrogen and oxygen atoms in total. The van der Waals surface area contributed by atoms with Gasteiger partial charge in [-0.1, -0.05) is 13.3 Å². The van der Waals surface area contributed by atoms with Crippen LogP contribution in [0.1, 0.15) is 54.9 Å². The van der Waals surface area contributed by atoms with E-state index in [2.05, 4.69) is 17.6 Å². The van der Waals surface area contributed by atoms with Gasteiger partial charge < -0.3 is 15.5 Å². The fourth-order valence-electron chi connectivity index (χ4n) is 3.63. The predicted octanol–water partition coefficient (Wildman–Crippen LogP) is 2.95. The molecule has 2 aliphatic heterocycles. The molecule has 0 radical (unpaired) electrons. The van der Waals surface area contributed by atoms with Gasteiger partial charge >= 0.3 is 0 Å². The van der Waals surface area contributed by atoms with E-state index >= 15 is 0 Å². The molecule has 2 aliphatic rings. The van der Waals surface area contributed by atoms with E-state index in [1.54, 1.807) is 0 Å². The highest BCUT2D eigenvalue weighted by molar-refractivity contribution is 5.98. The van der Waals surface area contributed by atoms with Gasteiger partial charge in [-0.15, -0.1) is 0 Å². The number of rotatable bonds is 3. The average molecular weight is 343 g/mol. The molecular formula is C20H29N3O2. The van der Waals surface area contributed by atoms with Crippen LogP contribution in [0.2, 0.25) is 0 Å². The Morgan fingerprint density at radius 2 is 1.92 bits per heavy atom. The summed E-state index contributed by atoms with van der Waals surface area (Å²) in [5.74, 6) is 0.825.